The molecule has 3 rings (SSSR count). The lowest BCUT2D eigenvalue weighted by atomic mass is 10.1. The van der Waals surface area contributed by atoms with Crippen LogP contribution in [0.2, 0.25) is 0 Å². The van der Waals surface area contributed by atoms with Gasteiger partial charge in [0.05, 0.1) is 25.7 Å². The number of nitrogens with zero attached hydrogens (tertiary/aromatic N) is 2. The molecule has 1 aromatic heterocycles. The van der Waals surface area contributed by atoms with Crippen molar-refractivity contribution in [1.82, 2.24) is 9.55 Å². The van der Waals surface area contributed by atoms with Crippen LogP contribution in [-0.2, 0) is 4.79 Å². The molecule has 1 heterocycles. The average Bonchev–Trinajstić information content (AvgIpc) is 3.16. The molecule has 0 unspecified atom stereocenters. The molecule has 0 saturated heterocycles. The fourth-order valence-electron chi connectivity index (χ4n) is 2.85. The van der Waals surface area contributed by atoms with Crippen LogP contribution in [-0.4, -0.2) is 35.4 Å². The number of imidazole rings is 1. The number of hydrogen-bond donors (Lipinski definition) is 1. The number of nitrogens with one attached hydrogen (secondary N) is 1. The number of benzene rings is 2. The number of aromatic nitrogens is 2. The SMILES string of the molecule is COc1cc(C)c(NC(=O)CSc2nccn2-c2ccccc2C)cc1OC. The molecule has 146 valence electrons. The first-order valence-corrected chi connectivity index (χ1v) is 9.76. The lowest BCUT2D eigenvalue weighted by Crippen LogP contribution is -2.15. The van der Waals surface area contributed by atoms with Gasteiger partial charge in [-0.05, 0) is 37.1 Å². The molecule has 1 N–H and O–H groups in total. The predicted molar refractivity (Wildman–Crippen MR) is 112 cm³/mol. The zero-order valence-electron chi connectivity index (χ0n) is 16.4. The highest BCUT2D eigenvalue weighted by molar-refractivity contribution is 7.99. The number of para-hydroxylation sites is 1. The third-order valence-electron chi connectivity index (χ3n) is 4.32. The Balaban J connectivity index is 1.70. The maximum atomic E-state index is 12.5. The van der Waals surface area contributed by atoms with E-state index >= 15 is 0 Å². The highest BCUT2D eigenvalue weighted by atomic mass is 32.2. The number of carbonyl (C=O) groups is 1. The molecule has 0 fully saturated rings. The number of aryl methyl sites for hydroxylation is 2. The fourth-order valence-corrected chi connectivity index (χ4v) is 3.61. The van der Waals surface area contributed by atoms with Gasteiger partial charge in [0.25, 0.3) is 0 Å². The zero-order valence-corrected chi connectivity index (χ0v) is 17.2. The van der Waals surface area contributed by atoms with Crippen molar-refractivity contribution >= 4 is 23.4 Å². The molecule has 7 heteroatoms. The number of hydrogen-bond acceptors (Lipinski definition) is 5. The van der Waals surface area contributed by atoms with Gasteiger partial charge >= 0.3 is 0 Å². The summed E-state index contributed by atoms with van der Waals surface area (Å²) >= 11 is 1.39. The van der Waals surface area contributed by atoms with Gasteiger partial charge in [0.15, 0.2) is 16.7 Å². The predicted octanol–water partition coefficient (Wildman–Crippen LogP) is 4.24. The van der Waals surface area contributed by atoms with Crippen LogP contribution in [0.4, 0.5) is 5.69 Å². The molecule has 0 aliphatic carbocycles. The van der Waals surface area contributed by atoms with Crippen molar-refractivity contribution in [3.8, 4) is 17.2 Å². The molecule has 0 atom stereocenters. The molecule has 0 aliphatic heterocycles. The number of methoxy groups -OCH3 is 2. The van der Waals surface area contributed by atoms with Gasteiger partial charge < -0.3 is 14.8 Å². The molecular formula is C21H23N3O3S. The first-order valence-electron chi connectivity index (χ1n) is 8.78. The van der Waals surface area contributed by atoms with E-state index in [1.807, 2.05) is 42.0 Å². The van der Waals surface area contributed by atoms with Gasteiger partial charge in [-0.3, -0.25) is 9.36 Å². The van der Waals surface area contributed by atoms with E-state index in [0.717, 1.165) is 22.0 Å². The highest BCUT2D eigenvalue weighted by Gasteiger charge is 2.13. The Bertz CT molecular complexity index is 985. The standard InChI is InChI=1S/C21H23N3O3S/c1-14-7-5-6-8-17(14)24-10-9-22-21(24)28-13-20(25)23-16-12-19(27-4)18(26-3)11-15(16)2/h5-12H,13H2,1-4H3,(H,23,25). The minimum absolute atomic E-state index is 0.111. The topological polar surface area (TPSA) is 65.4 Å². The number of rotatable bonds is 7. The summed E-state index contributed by atoms with van der Waals surface area (Å²) in [4.78, 5) is 16.9. The molecule has 3 aromatic rings. The van der Waals surface area contributed by atoms with Crippen molar-refractivity contribution in [2.24, 2.45) is 0 Å². The largest absolute Gasteiger partial charge is 0.493 e. The van der Waals surface area contributed by atoms with Gasteiger partial charge in [-0.15, -0.1) is 0 Å². The second kappa shape index (κ2) is 8.84. The van der Waals surface area contributed by atoms with Crippen LogP contribution < -0.4 is 14.8 Å². The Labute approximate surface area is 168 Å². The molecule has 0 aliphatic rings. The van der Waals surface area contributed by atoms with Crippen molar-refractivity contribution < 1.29 is 14.3 Å². The van der Waals surface area contributed by atoms with Crippen LogP contribution in [0, 0.1) is 13.8 Å². The smallest absolute Gasteiger partial charge is 0.234 e. The maximum absolute atomic E-state index is 12.5. The summed E-state index contributed by atoms with van der Waals surface area (Å²) in [5.74, 6) is 1.34. The summed E-state index contributed by atoms with van der Waals surface area (Å²) in [6, 6.07) is 11.7. The van der Waals surface area contributed by atoms with Gasteiger partial charge in [-0.2, -0.15) is 0 Å². The first kappa shape index (κ1) is 19.8. The monoisotopic (exact) mass is 397 g/mol. The van der Waals surface area contributed by atoms with Crippen molar-refractivity contribution in [1.29, 1.82) is 0 Å². The molecule has 0 bridgehead atoms. The zero-order chi connectivity index (χ0) is 20.1. The molecule has 6 nitrogen and oxygen atoms in total. The second-order valence-electron chi connectivity index (χ2n) is 6.23. The van der Waals surface area contributed by atoms with E-state index in [1.54, 1.807) is 26.5 Å². The van der Waals surface area contributed by atoms with Gasteiger partial charge in [0, 0.05) is 24.1 Å². The van der Waals surface area contributed by atoms with Crippen molar-refractivity contribution in [3.05, 3.63) is 59.9 Å². The minimum Gasteiger partial charge on any atom is -0.493 e. The van der Waals surface area contributed by atoms with Crippen LogP contribution in [0.5, 0.6) is 11.5 Å². The summed E-state index contributed by atoms with van der Waals surface area (Å²) in [6.07, 6.45) is 3.65. The minimum atomic E-state index is -0.111. The van der Waals surface area contributed by atoms with E-state index in [4.69, 9.17) is 9.47 Å². The number of thioether (sulfide) groups is 1. The van der Waals surface area contributed by atoms with E-state index in [-0.39, 0.29) is 11.7 Å². The van der Waals surface area contributed by atoms with Gasteiger partial charge in [0.2, 0.25) is 5.91 Å². The lowest BCUT2D eigenvalue weighted by molar-refractivity contribution is -0.113. The molecule has 0 radical (unpaired) electrons. The Kier molecular flexibility index (Phi) is 6.26. The third kappa shape index (κ3) is 4.31. The average molecular weight is 398 g/mol. The van der Waals surface area contributed by atoms with Crippen LogP contribution >= 0.6 is 11.8 Å². The van der Waals surface area contributed by atoms with Crippen molar-refractivity contribution in [2.45, 2.75) is 19.0 Å². The van der Waals surface area contributed by atoms with E-state index in [1.165, 1.54) is 11.8 Å². The summed E-state index contributed by atoms with van der Waals surface area (Å²) in [6.45, 7) is 3.96. The maximum Gasteiger partial charge on any atom is 0.234 e. The number of ether oxygens (including phenoxy) is 2. The number of amides is 1. The van der Waals surface area contributed by atoms with Crippen molar-refractivity contribution in [2.75, 3.05) is 25.3 Å². The molecule has 28 heavy (non-hydrogen) atoms. The summed E-state index contributed by atoms with van der Waals surface area (Å²) < 4.78 is 12.6. The first-order chi connectivity index (χ1) is 13.5. The Morgan fingerprint density at radius 1 is 1.11 bits per heavy atom. The lowest BCUT2D eigenvalue weighted by Gasteiger charge is -2.14. The van der Waals surface area contributed by atoms with Crippen LogP contribution in [0.3, 0.4) is 0 Å². The van der Waals surface area contributed by atoms with E-state index in [2.05, 4.69) is 23.3 Å². The molecule has 1 amide bonds. The molecule has 0 saturated carbocycles. The van der Waals surface area contributed by atoms with Gasteiger partial charge in [0.1, 0.15) is 0 Å². The van der Waals surface area contributed by atoms with E-state index < -0.39 is 0 Å². The quantitative estimate of drug-likeness (QED) is 0.604. The van der Waals surface area contributed by atoms with Gasteiger partial charge in [-0.1, -0.05) is 30.0 Å². The fraction of sp³-hybridized carbons (Fsp3) is 0.238. The number of carbonyl (C=O) groups excluding carboxylic acids is 1. The van der Waals surface area contributed by atoms with Crippen LogP contribution in [0.1, 0.15) is 11.1 Å². The Morgan fingerprint density at radius 3 is 2.54 bits per heavy atom. The summed E-state index contributed by atoms with van der Waals surface area (Å²) in [5.41, 5.74) is 3.80. The van der Waals surface area contributed by atoms with E-state index in [9.17, 15) is 4.79 Å². The van der Waals surface area contributed by atoms with Gasteiger partial charge in [-0.25, -0.2) is 4.98 Å². The Hall–Kier alpha value is -2.93. The third-order valence-corrected chi connectivity index (χ3v) is 5.29. The van der Waals surface area contributed by atoms with E-state index in [0.29, 0.717) is 17.2 Å². The highest BCUT2D eigenvalue weighted by Crippen LogP contribution is 2.33. The Morgan fingerprint density at radius 2 is 1.82 bits per heavy atom. The molecular weight excluding hydrogens is 374 g/mol. The number of anilines is 1. The second-order valence-corrected chi connectivity index (χ2v) is 7.17. The summed E-state index contributed by atoms with van der Waals surface area (Å²) in [5, 5.41) is 3.71. The van der Waals surface area contributed by atoms with Crippen LogP contribution in [0.15, 0.2) is 53.9 Å². The molecule has 0 spiro atoms. The van der Waals surface area contributed by atoms with Crippen LogP contribution in [0.25, 0.3) is 5.69 Å². The van der Waals surface area contributed by atoms with Crippen molar-refractivity contribution in [3.63, 3.8) is 0 Å². The normalized spacial score (nSPS) is 10.6. The molecule has 2 aromatic carbocycles. The summed E-state index contributed by atoms with van der Waals surface area (Å²) in [7, 11) is 3.16.